The Morgan fingerprint density at radius 3 is 2.90 bits per heavy atom. The van der Waals surface area contributed by atoms with E-state index in [2.05, 4.69) is 15.3 Å². The largest absolute Gasteiger partial charge is 0.396 e. The van der Waals surface area contributed by atoms with E-state index in [4.69, 9.17) is 10.5 Å². The van der Waals surface area contributed by atoms with Crippen molar-refractivity contribution in [1.82, 2.24) is 20.0 Å². The van der Waals surface area contributed by atoms with Crippen molar-refractivity contribution in [1.29, 1.82) is 0 Å². The Morgan fingerprint density at radius 1 is 1.45 bits per heavy atom. The van der Waals surface area contributed by atoms with E-state index in [1.807, 2.05) is 6.92 Å². The molecule has 2 heterocycles. The van der Waals surface area contributed by atoms with Crippen LogP contribution < -0.4 is 11.1 Å². The molecule has 1 aliphatic heterocycles. The molecule has 0 spiro atoms. The molecule has 20 heavy (non-hydrogen) atoms. The van der Waals surface area contributed by atoms with Crippen LogP contribution in [0.2, 0.25) is 0 Å². The lowest BCUT2D eigenvalue weighted by molar-refractivity contribution is 0.0383. The highest BCUT2D eigenvalue weighted by molar-refractivity contribution is 5.97. The highest BCUT2D eigenvalue weighted by Gasteiger charge is 2.17. The van der Waals surface area contributed by atoms with E-state index >= 15 is 0 Å². The maximum atomic E-state index is 12.2. The molecule has 1 aliphatic rings. The lowest BCUT2D eigenvalue weighted by atomic mass is 10.3. The van der Waals surface area contributed by atoms with Gasteiger partial charge in [0.2, 0.25) is 0 Å². The van der Waals surface area contributed by atoms with Crippen LogP contribution in [0.4, 0.5) is 5.69 Å². The van der Waals surface area contributed by atoms with Gasteiger partial charge in [-0.05, 0) is 6.42 Å². The monoisotopic (exact) mass is 281 g/mol. The molecule has 1 aromatic rings. The number of aromatic nitrogens is 2. The number of nitrogens with zero attached hydrogens (tertiary/aromatic N) is 3. The molecule has 0 aromatic carbocycles. The normalized spacial score (nSPS) is 16.2. The predicted octanol–water partition coefficient (Wildman–Crippen LogP) is -0.0627. The lowest BCUT2D eigenvalue weighted by Gasteiger charge is -2.26. The summed E-state index contributed by atoms with van der Waals surface area (Å²) < 4.78 is 6.95. The highest BCUT2D eigenvalue weighted by Crippen LogP contribution is 2.11. The van der Waals surface area contributed by atoms with E-state index in [0.717, 1.165) is 39.3 Å². The molecule has 2 rings (SSSR count). The predicted molar refractivity (Wildman–Crippen MR) is 76.5 cm³/mol. The van der Waals surface area contributed by atoms with Gasteiger partial charge in [0.1, 0.15) is 5.69 Å². The smallest absolute Gasteiger partial charge is 0.271 e. The molecule has 1 amide bonds. The summed E-state index contributed by atoms with van der Waals surface area (Å²) in [5, 5.41) is 7.04. The summed E-state index contributed by atoms with van der Waals surface area (Å²) in [6.45, 7) is 7.56. The van der Waals surface area contributed by atoms with Crippen LogP contribution in [0.1, 0.15) is 23.8 Å². The number of aryl methyl sites for hydroxylation is 1. The van der Waals surface area contributed by atoms with Crippen LogP contribution in [0.3, 0.4) is 0 Å². The minimum absolute atomic E-state index is 0.151. The number of hydrogen-bond donors (Lipinski definition) is 2. The first-order valence-corrected chi connectivity index (χ1v) is 7.12. The van der Waals surface area contributed by atoms with E-state index in [9.17, 15) is 4.79 Å². The van der Waals surface area contributed by atoms with Gasteiger partial charge < -0.3 is 15.8 Å². The summed E-state index contributed by atoms with van der Waals surface area (Å²) in [5.74, 6) is -0.151. The molecule has 1 saturated heterocycles. The zero-order valence-electron chi connectivity index (χ0n) is 12.0. The van der Waals surface area contributed by atoms with Gasteiger partial charge in [-0.2, -0.15) is 5.10 Å². The molecule has 7 heteroatoms. The topological polar surface area (TPSA) is 85.4 Å². The van der Waals surface area contributed by atoms with Gasteiger partial charge >= 0.3 is 0 Å². The number of nitrogens with one attached hydrogen (secondary N) is 1. The van der Waals surface area contributed by atoms with E-state index < -0.39 is 0 Å². The SMILES string of the molecule is CCCn1ncc(N)c1C(=O)NCCN1CCOCC1. The van der Waals surface area contributed by atoms with Gasteiger partial charge in [-0.15, -0.1) is 0 Å². The van der Waals surface area contributed by atoms with E-state index in [1.165, 1.54) is 6.20 Å². The molecule has 1 aromatic heterocycles. The average Bonchev–Trinajstić information content (AvgIpc) is 2.81. The Bertz CT molecular complexity index is 440. The fourth-order valence-electron chi connectivity index (χ4n) is 2.27. The van der Waals surface area contributed by atoms with Crippen molar-refractivity contribution in [3.63, 3.8) is 0 Å². The standard InChI is InChI=1S/C13H23N5O2/c1-2-4-18-12(11(14)10-16-18)13(19)15-3-5-17-6-8-20-9-7-17/h10H,2-9,14H2,1H3,(H,15,19). The second kappa shape index (κ2) is 7.25. The first-order valence-electron chi connectivity index (χ1n) is 7.12. The van der Waals surface area contributed by atoms with Crippen molar-refractivity contribution in [3.8, 4) is 0 Å². The number of nitrogens with two attached hydrogens (primary N) is 1. The first kappa shape index (κ1) is 14.8. The molecule has 0 unspecified atom stereocenters. The van der Waals surface area contributed by atoms with Crippen LogP contribution in [0.15, 0.2) is 6.20 Å². The minimum Gasteiger partial charge on any atom is -0.396 e. The van der Waals surface area contributed by atoms with E-state index in [0.29, 0.717) is 24.5 Å². The number of nitrogen functional groups attached to an aromatic ring is 1. The number of carbonyl (C=O) groups excluding carboxylic acids is 1. The number of ether oxygens (including phenoxy) is 1. The van der Waals surface area contributed by atoms with E-state index in [-0.39, 0.29) is 5.91 Å². The fourth-order valence-corrected chi connectivity index (χ4v) is 2.27. The summed E-state index contributed by atoms with van der Waals surface area (Å²) in [6, 6.07) is 0. The number of rotatable bonds is 6. The van der Waals surface area contributed by atoms with Crippen LogP contribution in [0.25, 0.3) is 0 Å². The van der Waals surface area contributed by atoms with Crippen molar-refractivity contribution in [2.75, 3.05) is 45.1 Å². The maximum Gasteiger partial charge on any atom is 0.271 e. The third-order valence-corrected chi connectivity index (χ3v) is 3.34. The van der Waals surface area contributed by atoms with Crippen LogP contribution >= 0.6 is 0 Å². The van der Waals surface area contributed by atoms with Gasteiger partial charge in [-0.1, -0.05) is 6.92 Å². The zero-order chi connectivity index (χ0) is 14.4. The minimum atomic E-state index is -0.151. The Morgan fingerprint density at radius 2 is 2.20 bits per heavy atom. The molecule has 0 atom stereocenters. The number of amides is 1. The lowest BCUT2D eigenvalue weighted by Crippen LogP contribution is -2.41. The van der Waals surface area contributed by atoms with Gasteiger partial charge in [0, 0.05) is 32.7 Å². The molecular weight excluding hydrogens is 258 g/mol. The Balaban J connectivity index is 1.83. The molecule has 0 bridgehead atoms. The Hall–Kier alpha value is -1.60. The van der Waals surface area contributed by atoms with Crippen LogP contribution in [-0.2, 0) is 11.3 Å². The van der Waals surface area contributed by atoms with E-state index in [1.54, 1.807) is 4.68 Å². The second-order valence-electron chi connectivity index (χ2n) is 4.88. The molecule has 0 saturated carbocycles. The summed E-state index contributed by atoms with van der Waals surface area (Å²) in [5.41, 5.74) is 6.72. The van der Waals surface area contributed by atoms with Gasteiger partial charge in [0.25, 0.3) is 5.91 Å². The summed E-state index contributed by atoms with van der Waals surface area (Å²) in [7, 11) is 0. The maximum absolute atomic E-state index is 12.2. The molecule has 3 N–H and O–H groups in total. The quantitative estimate of drug-likeness (QED) is 0.763. The van der Waals surface area contributed by atoms with Crippen molar-refractivity contribution in [3.05, 3.63) is 11.9 Å². The number of hydrogen-bond acceptors (Lipinski definition) is 5. The molecule has 7 nitrogen and oxygen atoms in total. The Kier molecular flexibility index (Phi) is 5.37. The summed E-state index contributed by atoms with van der Waals surface area (Å²) >= 11 is 0. The number of carbonyl (C=O) groups is 1. The summed E-state index contributed by atoms with van der Waals surface area (Å²) in [4.78, 5) is 14.4. The molecular formula is C13H23N5O2. The van der Waals surface area contributed by atoms with Crippen molar-refractivity contribution in [2.24, 2.45) is 0 Å². The zero-order valence-corrected chi connectivity index (χ0v) is 12.0. The molecule has 0 radical (unpaired) electrons. The van der Waals surface area contributed by atoms with Crippen molar-refractivity contribution < 1.29 is 9.53 Å². The average molecular weight is 281 g/mol. The van der Waals surface area contributed by atoms with Gasteiger partial charge in [0.15, 0.2) is 0 Å². The Labute approximate surface area is 119 Å². The third kappa shape index (κ3) is 3.71. The molecule has 1 fully saturated rings. The second-order valence-corrected chi connectivity index (χ2v) is 4.88. The number of anilines is 1. The molecule has 112 valence electrons. The van der Waals surface area contributed by atoms with Gasteiger partial charge in [-0.25, -0.2) is 0 Å². The summed E-state index contributed by atoms with van der Waals surface area (Å²) in [6.07, 6.45) is 2.45. The highest BCUT2D eigenvalue weighted by atomic mass is 16.5. The molecule has 0 aliphatic carbocycles. The third-order valence-electron chi connectivity index (χ3n) is 3.34. The van der Waals surface area contributed by atoms with Gasteiger partial charge in [-0.3, -0.25) is 14.4 Å². The van der Waals surface area contributed by atoms with Crippen molar-refractivity contribution in [2.45, 2.75) is 19.9 Å². The fraction of sp³-hybridized carbons (Fsp3) is 0.692. The number of morpholine rings is 1. The first-order chi connectivity index (χ1) is 9.72. The van der Waals surface area contributed by atoms with Crippen LogP contribution in [0.5, 0.6) is 0 Å². The van der Waals surface area contributed by atoms with Crippen LogP contribution in [-0.4, -0.2) is 60.0 Å². The van der Waals surface area contributed by atoms with Gasteiger partial charge in [0.05, 0.1) is 25.1 Å². The van der Waals surface area contributed by atoms with Crippen molar-refractivity contribution >= 4 is 11.6 Å². The van der Waals surface area contributed by atoms with Crippen LogP contribution in [0, 0.1) is 0 Å².